The molecule has 8 heteroatoms. The van der Waals surface area contributed by atoms with Crippen molar-refractivity contribution in [1.82, 2.24) is 0 Å². The minimum Gasteiger partial charge on any atom is -0.461 e. The molecule has 0 bridgehead atoms. The average molecular weight is 327 g/mol. The molecule has 7 nitrogen and oxygen atoms in total. The Morgan fingerprint density at radius 2 is 1.77 bits per heavy atom. The van der Waals surface area contributed by atoms with Crippen LogP contribution in [-0.4, -0.2) is 50.2 Å². The van der Waals surface area contributed by atoms with Crippen LogP contribution in [0.5, 0.6) is 0 Å². The number of carbonyl (C=O) groups is 2. The van der Waals surface area contributed by atoms with Gasteiger partial charge in [0.15, 0.2) is 0 Å². The fraction of sp³-hybridized carbons (Fsp3) is 0.429. The number of ketones is 1. The molecule has 1 aromatic rings. The number of rotatable bonds is 5. The lowest BCUT2D eigenvalue weighted by Crippen LogP contribution is -2.33. The van der Waals surface area contributed by atoms with E-state index < -0.39 is 28.4 Å². The molecule has 0 aromatic heterocycles. The number of hydrogen-bond donors (Lipinski definition) is 1. The first-order valence-corrected chi connectivity index (χ1v) is 8.45. The van der Waals surface area contributed by atoms with Crippen molar-refractivity contribution in [3.05, 3.63) is 29.8 Å². The second kappa shape index (κ2) is 6.89. The summed E-state index contributed by atoms with van der Waals surface area (Å²) in [6, 6.07) is 6.69. The van der Waals surface area contributed by atoms with Crippen LogP contribution in [0.25, 0.3) is 0 Å². The zero-order valence-corrected chi connectivity index (χ0v) is 12.7. The lowest BCUT2D eigenvalue weighted by Gasteiger charge is -2.28. The van der Waals surface area contributed by atoms with Crippen molar-refractivity contribution in [2.45, 2.75) is 12.8 Å². The van der Waals surface area contributed by atoms with Crippen molar-refractivity contribution in [3.63, 3.8) is 0 Å². The van der Waals surface area contributed by atoms with E-state index >= 15 is 0 Å². The van der Waals surface area contributed by atoms with E-state index in [-0.39, 0.29) is 5.78 Å². The third-order valence-electron chi connectivity index (χ3n) is 3.36. The highest BCUT2D eigenvalue weighted by Crippen LogP contribution is 2.19. The highest BCUT2D eigenvalue weighted by atomic mass is 32.2. The average Bonchev–Trinajstić information content (AvgIpc) is 2.47. The molecule has 1 N–H and O–H groups in total. The monoisotopic (exact) mass is 327 g/mol. The molecule has 1 fully saturated rings. The van der Waals surface area contributed by atoms with E-state index in [0.29, 0.717) is 31.5 Å². The summed E-state index contributed by atoms with van der Waals surface area (Å²) < 4.78 is 34.4. The van der Waals surface area contributed by atoms with Gasteiger partial charge in [-0.1, -0.05) is 0 Å². The summed E-state index contributed by atoms with van der Waals surface area (Å²) in [6.07, 6.45) is 1.05. The summed E-state index contributed by atoms with van der Waals surface area (Å²) >= 11 is 0. The van der Waals surface area contributed by atoms with E-state index in [0.717, 1.165) is 5.69 Å². The zero-order chi connectivity index (χ0) is 16.2. The van der Waals surface area contributed by atoms with Crippen molar-refractivity contribution in [2.24, 2.45) is 0 Å². The minimum absolute atomic E-state index is 0.260. The van der Waals surface area contributed by atoms with Gasteiger partial charge in [-0.05, 0) is 24.3 Å². The summed E-state index contributed by atoms with van der Waals surface area (Å²) in [5.74, 6) is -1.02. The Hall–Kier alpha value is -1.93. The first kappa shape index (κ1) is 16.4. The van der Waals surface area contributed by atoms with E-state index in [2.05, 4.69) is 4.90 Å². The smallest absolute Gasteiger partial charge is 0.338 e. The number of Topliss-reactive ketones (excluding diaryl/α,β-unsaturated/α-hetero) is 1. The zero-order valence-electron chi connectivity index (χ0n) is 11.9. The van der Waals surface area contributed by atoms with Crippen LogP contribution < -0.4 is 4.90 Å². The quantitative estimate of drug-likeness (QED) is 0.633. The van der Waals surface area contributed by atoms with Crippen LogP contribution in [-0.2, 0) is 19.6 Å². The van der Waals surface area contributed by atoms with Crippen LogP contribution in [0.1, 0.15) is 23.2 Å². The molecule has 0 amide bonds. The molecular formula is C14H17NO6S. The lowest BCUT2D eigenvalue weighted by molar-refractivity contribution is -0.119. The van der Waals surface area contributed by atoms with Gasteiger partial charge in [0.1, 0.15) is 18.1 Å². The summed E-state index contributed by atoms with van der Waals surface area (Å²) in [5, 5.41) is 0. The number of anilines is 1. The number of piperidine rings is 1. The van der Waals surface area contributed by atoms with Crippen LogP contribution in [0.3, 0.4) is 0 Å². The molecule has 1 saturated heterocycles. The van der Waals surface area contributed by atoms with E-state index in [1.54, 1.807) is 24.3 Å². The third-order valence-corrected chi connectivity index (χ3v) is 4.05. The summed E-state index contributed by atoms with van der Waals surface area (Å²) in [4.78, 5) is 25.0. The fourth-order valence-corrected chi connectivity index (χ4v) is 2.44. The van der Waals surface area contributed by atoms with E-state index in [4.69, 9.17) is 9.29 Å². The molecule has 120 valence electrons. The minimum atomic E-state index is -4.14. The Labute approximate surface area is 128 Å². The van der Waals surface area contributed by atoms with E-state index in [9.17, 15) is 18.0 Å². The highest BCUT2D eigenvalue weighted by molar-refractivity contribution is 7.85. The summed E-state index contributed by atoms with van der Waals surface area (Å²) in [7, 11) is -4.14. The van der Waals surface area contributed by atoms with Crippen molar-refractivity contribution < 1.29 is 27.3 Å². The molecule has 0 unspecified atom stereocenters. The maximum absolute atomic E-state index is 11.7. The number of nitrogens with zero attached hydrogens (tertiary/aromatic N) is 1. The Balaban J connectivity index is 1.91. The number of benzene rings is 1. The maximum atomic E-state index is 11.7. The molecule has 0 aliphatic carbocycles. The Morgan fingerprint density at radius 3 is 2.32 bits per heavy atom. The molecule has 0 radical (unpaired) electrons. The number of esters is 1. The predicted molar refractivity (Wildman–Crippen MR) is 79.6 cm³/mol. The van der Waals surface area contributed by atoms with E-state index in [1.807, 2.05) is 0 Å². The molecule has 1 aliphatic heterocycles. The topological polar surface area (TPSA) is 101 Å². The first-order valence-electron chi connectivity index (χ1n) is 6.84. The Kier molecular flexibility index (Phi) is 5.15. The number of hydrogen-bond acceptors (Lipinski definition) is 6. The van der Waals surface area contributed by atoms with Crippen molar-refractivity contribution in [3.8, 4) is 0 Å². The molecule has 1 aliphatic rings. The van der Waals surface area contributed by atoms with Gasteiger partial charge in [0.05, 0.1) is 5.56 Å². The van der Waals surface area contributed by atoms with Gasteiger partial charge in [0.2, 0.25) is 0 Å². The molecule has 22 heavy (non-hydrogen) atoms. The van der Waals surface area contributed by atoms with Crippen LogP contribution >= 0.6 is 0 Å². The summed E-state index contributed by atoms with van der Waals surface area (Å²) in [5.41, 5.74) is 1.22. The standard InChI is InChI=1S/C14H17NO6S/c16-13-5-7-15(8-6-13)12-3-1-11(2-4-12)14(17)21-9-10-22(18,19)20/h1-4H,5-10H2,(H,18,19,20). The predicted octanol–water partition coefficient (Wildman–Crippen LogP) is 0.901. The largest absolute Gasteiger partial charge is 0.461 e. The normalized spacial score (nSPS) is 15.7. The first-order chi connectivity index (χ1) is 10.3. The second-order valence-corrected chi connectivity index (χ2v) is 6.57. The Morgan fingerprint density at radius 1 is 1.18 bits per heavy atom. The van der Waals surface area contributed by atoms with Crippen molar-refractivity contribution >= 4 is 27.6 Å². The molecule has 0 atom stereocenters. The van der Waals surface area contributed by atoms with Gasteiger partial charge >= 0.3 is 5.97 Å². The van der Waals surface area contributed by atoms with Gasteiger partial charge in [-0.2, -0.15) is 8.42 Å². The SMILES string of the molecule is O=C1CCN(c2ccc(C(=O)OCCS(=O)(=O)O)cc2)CC1. The maximum Gasteiger partial charge on any atom is 0.338 e. The summed E-state index contributed by atoms with van der Waals surface area (Å²) in [6.45, 7) is 0.932. The number of carbonyl (C=O) groups excluding carboxylic acids is 2. The van der Waals surface area contributed by atoms with E-state index in [1.165, 1.54) is 0 Å². The van der Waals surface area contributed by atoms with Gasteiger partial charge in [0.25, 0.3) is 10.1 Å². The van der Waals surface area contributed by atoms with Crippen LogP contribution in [0.15, 0.2) is 24.3 Å². The lowest BCUT2D eigenvalue weighted by atomic mass is 10.1. The molecule has 1 heterocycles. The molecule has 0 saturated carbocycles. The highest BCUT2D eigenvalue weighted by Gasteiger charge is 2.17. The van der Waals surface area contributed by atoms with Crippen LogP contribution in [0.2, 0.25) is 0 Å². The Bertz CT molecular complexity index is 642. The molecule has 1 aromatic carbocycles. The van der Waals surface area contributed by atoms with Gasteiger partial charge in [-0.25, -0.2) is 4.79 Å². The van der Waals surface area contributed by atoms with Gasteiger partial charge in [0, 0.05) is 31.6 Å². The van der Waals surface area contributed by atoms with Crippen molar-refractivity contribution in [1.29, 1.82) is 0 Å². The second-order valence-electron chi connectivity index (χ2n) is 4.99. The fourth-order valence-electron chi connectivity index (χ4n) is 2.15. The van der Waals surface area contributed by atoms with Crippen molar-refractivity contribution in [2.75, 3.05) is 30.3 Å². The molecule has 2 rings (SSSR count). The third kappa shape index (κ3) is 4.81. The van der Waals surface area contributed by atoms with Gasteiger partial charge in [-0.15, -0.1) is 0 Å². The van der Waals surface area contributed by atoms with Gasteiger partial charge in [-0.3, -0.25) is 9.35 Å². The van der Waals surface area contributed by atoms with Gasteiger partial charge < -0.3 is 9.64 Å². The van der Waals surface area contributed by atoms with Crippen LogP contribution in [0, 0.1) is 0 Å². The molecule has 0 spiro atoms. The van der Waals surface area contributed by atoms with Crippen LogP contribution in [0.4, 0.5) is 5.69 Å². The number of ether oxygens (including phenoxy) is 1. The molecular weight excluding hydrogens is 310 g/mol.